The van der Waals surface area contributed by atoms with Crippen LogP contribution < -0.4 is 4.74 Å². The van der Waals surface area contributed by atoms with Gasteiger partial charge in [-0.3, -0.25) is 10.1 Å². The Balaban J connectivity index is 3.17. The first-order valence-electron chi connectivity index (χ1n) is 5.76. The predicted octanol–water partition coefficient (Wildman–Crippen LogP) is 3.93. The van der Waals surface area contributed by atoms with Gasteiger partial charge in [-0.25, -0.2) is 0 Å². The van der Waals surface area contributed by atoms with Gasteiger partial charge in [-0.2, -0.15) is 8.78 Å². The molecule has 1 aromatic rings. The van der Waals surface area contributed by atoms with Gasteiger partial charge in [0, 0.05) is 12.5 Å². The lowest BCUT2D eigenvalue weighted by Crippen LogP contribution is -2.05. The minimum absolute atomic E-state index is 0.0707. The van der Waals surface area contributed by atoms with Crippen LogP contribution in [-0.4, -0.2) is 11.5 Å². The molecule has 0 saturated carbocycles. The fraction of sp³-hybridized carbons (Fsp3) is 0.385. The van der Waals surface area contributed by atoms with E-state index in [9.17, 15) is 18.9 Å². The average molecular weight is 271 g/mol. The maximum Gasteiger partial charge on any atom is 0.387 e. The van der Waals surface area contributed by atoms with Crippen molar-refractivity contribution in [2.45, 2.75) is 33.8 Å². The van der Waals surface area contributed by atoms with Crippen molar-refractivity contribution in [3.05, 3.63) is 44.6 Å². The fourth-order valence-electron chi connectivity index (χ4n) is 1.82. The van der Waals surface area contributed by atoms with Crippen LogP contribution in [0.15, 0.2) is 17.8 Å². The molecule has 0 aliphatic heterocycles. The Morgan fingerprint density at radius 3 is 2.32 bits per heavy atom. The Labute approximate surface area is 109 Å². The molecule has 0 heterocycles. The quantitative estimate of drug-likeness (QED) is 0.602. The minimum atomic E-state index is -2.89. The van der Waals surface area contributed by atoms with Crippen LogP contribution in [0.25, 0.3) is 6.08 Å². The first-order valence-corrected chi connectivity index (χ1v) is 5.76. The summed E-state index contributed by atoms with van der Waals surface area (Å²) in [6, 6.07) is 3.17. The Morgan fingerprint density at radius 2 is 1.95 bits per heavy atom. The molecule has 19 heavy (non-hydrogen) atoms. The van der Waals surface area contributed by atoms with Crippen LogP contribution in [0.4, 0.5) is 8.78 Å². The van der Waals surface area contributed by atoms with Crippen LogP contribution in [-0.2, 0) is 0 Å². The zero-order valence-electron chi connectivity index (χ0n) is 10.9. The molecule has 0 aliphatic carbocycles. The topological polar surface area (TPSA) is 52.4 Å². The lowest BCUT2D eigenvalue weighted by molar-refractivity contribution is -0.425. The standard InChI is InChI=1S/C13H15F2NO3/c1-4-11(16(17)18)7-10-5-8(2)12(9(3)6-10)19-13(14)15/h5-7,13H,4H2,1-3H3/b11-7+. The van der Waals surface area contributed by atoms with Crippen LogP contribution in [0.5, 0.6) is 5.75 Å². The highest BCUT2D eigenvalue weighted by molar-refractivity contribution is 5.57. The third kappa shape index (κ3) is 4.01. The second-order valence-corrected chi connectivity index (χ2v) is 4.11. The van der Waals surface area contributed by atoms with Crippen molar-refractivity contribution in [1.29, 1.82) is 0 Å². The van der Waals surface area contributed by atoms with E-state index in [1.54, 1.807) is 32.9 Å². The monoisotopic (exact) mass is 271 g/mol. The van der Waals surface area contributed by atoms with Gasteiger partial charge in [0.15, 0.2) is 0 Å². The van der Waals surface area contributed by atoms with Crippen molar-refractivity contribution in [2.75, 3.05) is 0 Å². The Morgan fingerprint density at radius 1 is 1.42 bits per heavy atom. The highest BCUT2D eigenvalue weighted by atomic mass is 19.3. The summed E-state index contributed by atoms with van der Waals surface area (Å²) in [4.78, 5) is 10.3. The van der Waals surface area contributed by atoms with E-state index in [-0.39, 0.29) is 11.4 Å². The van der Waals surface area contributed by atoms with E-state index in [1.807, 2.05) is 0 Å². The highest BCUT2D eigenvalue weighted by Crippen LogP contribution is 2.27. The van der Waals surface area contributed by atoms with Gasteiger partial charge in [-0.15, -0.1) is 0 Å². The number of halogens is 2. The molecule has 0 aromatic heterocycles. The largest absolute Gasteiger partial charge is 0.434 e. The van der Waals surface area contributed by atoms with Crippen LogP contribution in [0.3, 0.4) is 0 Å². The van der Waals surface area contributed by atoms with Gasteiger partial charge in [0.05, 0.1) is 4.92 Å². The summed E-state index contributed by atoms with van der Waals surface area (Å²) >= 11 is 0. The number of allylic oxidation sites excluding steroid dienone is 1. The van der Waals surface area contributed by atoms with Crippen LogP contribution in [0.2, 0.25) is 0 Å². The van der Waals surface area contributed by atoms with E-state index in [0.717, 1.165) is 0 Å². The normalized spacial score (nSPS) is 11.8. The van der Waals surface area contributed by atoms with E-state index in [4.69, 9.17) is 0 Å². The summed E-state index contributed by atoms with van der Waals surface area (Å²) in [7, 11) is 0. The zero-order valence-corrected chi connectivity index (χ0v) is 10.9. The van der Waals surface area contributed by atoms with E-state index >= 15 is 0 Å². The van der Waals surface area contributed by atoms with E-state index < -0.39 is 11.5 Å². The van der Waals surface area contributed by atoms with Crippen molar-refractivity contribution in [1.82, 2.24) is 0 Å². The SMILES string of the molecule is CC/C(=C\c1cc(C)c(OC(F)F)c(C)c1)[N+](=O)[O-]. The van der Waals surface area contributed by atoms with Crippen molar-refractivity contribution < 1.29 is 18.4 Å². The number of hydrogen-bond acceptors (Lipinski definition) is 3. The van der Waals surface area contributed by atoms with Crippen molar-refractivity contribution in [2.24, 2.45) is 0 Å². The minimum Gasteiger partial charge on any atom is -0.434 e. The molecular formula is C13H15F2NO3. The second-order valence-electron chi connectivity index (χ2n) is 4.11. The van der Waals surface area contributed by atoms with Crippen LogP contribution in [0.1, 0.15) is 30.0 Å². The summed E-state index contributed by atoms with van der Waals surface area (Å²) in [6.45, 7) is 2.05. The number of alkyl halides is 2. The van der Waals surface area contributed by atoms with Crippen molar-refractivity contribution in [3.63, 3.8) is 0 Å². The second kappa shape index (κ2) is 6.26. The molecule has 6 heteroatoms. The molecule has 0 amide bonds. The Kier molecular flexibility index (Phi) is 4.97. The smallest absolute Gasteiger partial charge is 0.387 e. The van der Waals surface area contributed by atoms with Crippen LogP contribution in [0, 0.1) is 24.0 Å². The third-order valence-corrected chi connectivity index (χ3v) is 2.62. The molecule has 1 aromatic carbocycles. The van der Waals surface area contributed by atoms with E-state index in [1.165, 1.54) is 6.08 Å². The van der Waals surface area contributed by atoms with Crippen molar-refractivity contribution >= 4 is 6.08 Å². The Bertz CT molecular complexity index is 490. The predicted molar refractivity (Wildman–Crippen MR) is 67.8 cm³/mol. The molecule has 0 spiro atoms. The number of benzene rings is 1. The number of aryl methyl sites for hydroxylation is 2. The molecule has 104 valence electrons. The fourth-order valence-corrected chi connectivity index (χ4v) is 1.82. The number of hydrogen-bond donors (Lipinski definition) is 0. The van der Waals surface area contributed by atoms with Gasteiger partial charge in [-0.05, 0) is 42.7 Å². The molecule has 0 radical (unpaired) electrons. The maximum atomic E-state index is 12.2. The van der Waals surface area contributed by atoms with Gasteiger partial charge >= 0.3 is 6.61 Å². The molecule has 0 aliphatic rings. The van der Waals surface area contributed by atoms with Crippen LogP contribution >= 0.6 is 0 Å². The number of rotatable bonds is 5. The molecular weight excluding hydrogens is 256 g/mol. The first-order chi connectivity index (χ1) is 8.85. The van der Waals surface area contributed by atoms with Gasteiger partial charge in [0.2, 0.25) is 5.70 Å². The summed E-state index contributed by atoms with van der Waals surface area (Å²) in [5, 5.41) is 10.7. The van der Waals surface area contributed by atoms with E-state index in [0.29, 0.717) is 23.1 Å². The van der Waals surface area contributed by atoms with Crippen molar-refractivity contribution in [3.8, 4) is 5.75 Å². The zero-order chi connectivity index (χ0) is 14.6. The van der Waals surface area contributed by atoms with E-state index in [2.05, 4.69) is 4.74 Å². The third-order valence-electron chi connectivity index (χ3n) is 2.62. The molecule has 4 nitrogen and oxygen atoms in total. The molecule has 1 rings (SSSR count). The van der Waals surface area contributed by atoms with Gasteiger partial charge < -0.3 is 4.74 Å². The summed E-state index contributed by atoms with van der Waals surface area (Å²) in [5.41, 5.74) is 1.71. The number of nitro groups is 1. The molecule has 0 N–H and O–H groups in total. The first kappa shape index (κ1) is 15.1. The molecule has 0 fully saturated rings. The maximum absolute atomic E-state index is 12.2. The summed E-state index contributed by atoms with van der Waals surface area (Å²) < 4.78 is 28.9. The summed E-state index contributed by atoms with van der Waals surface area (Å²) in [5.74, 6) is 0.117. The lowest BCUT2D eigenvalue weighted by Gasteiger charge is -2.12. The number of nitrogens with zero attached hydrogens (tertiary/aromatic N) is 1. The molecule has 0 saturated heterocycles. The van der Waals surface area contributed by atoms with Gasteiger partial charge in [-0.1, -0.05) is 6.92 Å². The Hall–Kier alpha value is -1.98. The summed E-state index contributed by atoms with van der Waals surface area (Å²) in [6.07, 6.45) is 1.73. The number of ether oxygens (including phenoxy) is 1. The molecule has 0 atom stereocenters. The van der Waals surface area contributed by atoms with Gasteiger partial charge in [0.25, 0.3) is 0 Å². The average Bonchev–Trinajstić information content (AvgIpc) is 2.30. The molecule has 0 unspecified atom stereocenters. The molecule has 0 bridgehead atoms. The lowest BCUT2D eigenvalue weighted by atomic mass is 10.0. The highest BCUT2D eigenvalue weighted by Gasteiger charge is 2.13. The van der Waals surface area contributed by atoms with Gasteiger partial charge in [0.1, 0.15) is 5.75 Å².